The van der Waals surface area contributed by atoms with Crippen molar-refractivity contribution in [2.24, 2.45) is 0 Å². The summed E-state index contributed by atoms with van der Waals surface area (Å²) in [7, 11) is 0. The molecule has 0 aliphatic carbocycles. The van der Waals surface area contributed by atoms with Crippen LogP contribution in [0, 0.1) is 0 Å². The van der Waals surface area contributed by atoms with Gasteiger partial charge in [-0.2, -0.15) is 12.6 Å². The first-order valence-corrected chi connectivity index (χ1v) is 8.58. The molecular formula is C21H19NO2S. The lowest BCUT2D eigenvalue weighted by molar-refractivity contribution is -0.137. The van der Waals surface area contributed by atoms with Crippen LogP contribution in [-0.2, 0) is 10.2 Å². The smallest absolute Gasteiger partial charge is 0.304 e. The Kier molecular flexibility index (Phi) is 5.19. The molecule has 0 spiro atoms. The molecule has 3 rings (SSSR count). The Bertz CT molecular complexity index is 726. The predicted octanol–water partition coefficient (Wildman–Crippen LogP) is 4.19. The second-order valence-electron chi connectivity index (χ2n) is 5.89. The first-order chi connectivity index (χ1) is 12.2. The van der Waals surface area contributed by atoms with Gasteiger partial charge >= 0.3 is 5.97 Å². The van der Waals surface area contributed by atoms with Crippen LogP contribution in [0.25, 0.3) is 0 Å². The largest absolute Gasteiger partial charge is 0.481 e. The van der Waals surface area contributed by atoms with Crippen LogP contribution in [0.2, 0.25) is 0 Å². The second-order valence-corrected chi connectivity index (χ2v) is 6.51. The molecule has 4 heteroatoms. The Hall–Kier alpha value is -2.59. The van der Waals surface area contributed by atoms with Crippen molar-refractivity contribution in [3.05, 3.63) is 102 Å². The molecule has 0 bridgehead atoms. The molecule has 0 amide bonds. The molecule has 1 aromatic heterocycles. The summed E-state index contributed by atoms with van der Waals surface area (Å²) in [6, 6.07) is 23.8. The molecule has 3 nitrogen and oxygen atoms in total. The van der Waals surface area contributed by atoms with E-state index in [0.29, 0.717) is 0 Å². The van der Waals surface area contributed by atoms with Crippen LogP contribution < -0.4 is 0 Å². The van der Waals surface area contributed by atoms with Gasteiger partial charge in [0.15, 0.2) is 0 Å². The molecule has 0 aliphatic rings. The summed E-state index contributed by atoms with van der Waals surface area (Å²) in [5.74, 6) is -0.870. The molecule has 3 aromatic rings. The lowest BCUT2D eigenvalue weighted by Crippen LogP contribution is -2.40. The first kappa shape index (κ1) is 17.2. The van der Waals surface area contributed by atoms with E-state index >= 15 is 0 Å². The highest BCUT2D eigenvalue weighted by Gasteiger charge is 2.42. The monoisotopic (exact) mass is 349 g/mol. The maximum absolute atomic E-state index is 11.5. The number of rotatable bonds is 6. The van der Waals surface area contributed by atoms with Crippen LogP contribution in [0.3, 0.4) is 0 Å². The third-order valence-corrected chi connectivity index (χ3v) is 5.03. The lowest BCUT2D eigenvalue weighted by atomic mass is 9.66. The number of aliphatic carboxylic acids is 1. The van der Waals surface area contributed by atoms with E-state index in [0.717, 1.165) is 16.7 Å². The molecule has 1 heterocycles. The Balaban J connectivity index is 2.33. The highest BCUT2D eigenvalue weighted by molar-refractivity contribution is 7.81. The van der Waals surface area contributed by atoms with Gasteiger partial charge < -0.3 is 5.11 Å². The van der Waals surface area contributed by atoms with Gasteiger partial charge in [-0.15, -0.1) is 0 Å². The quantitative estimate of drug-likeness (QED) is 0.656. The number of pyridine rings is 1. The normalized spacial score (nSPS) is 12.5. The summed E-state index contributed by atoms with van der Waals surface area (Å²) in [5.41, 5.74) is 2.30. The number of nitrogens with zero attached hydrogens (tertiary/aromatic N) is 1. The number of hydrogen-bond acceptors (Lipinski definition) is 3. The molecule has 0 saturated heterocycles. The standard InChI is InChI=1S/C21H19NO2S/c23-20(24)15-19(25)21(16-7-3-1-4-8-16,17-9-5-2-6-10-17)18-11-13-22-14-12-18/h1-14,19,25H,15H2,(H,23,24)/t19-/m0/s1. The van der Waals surface area contributed by atoms with Crippen molar-refractivity contribution in [1.82, 2.24) is 4.98 Å². The summed E-state index contributed by atoms with van der Waals surface area (Å²) in [6.07, 6.45) is 3.41. The van der Waals surface area contributed by atoms with Gasteiger partial charge in [-0.1, -0.05) is 60.7 Å². The highest BCUT2D eigenvalue weighted by Crippen LogP contribution is 2.45. The van der Waals surface area contributed by atoms with E-state index in [9.17, 15) is 9.90 Å². The van der Waals surface area contributed by atoms with Gasteiger partial charge in [-0.05, 0) is 28.8 Å². The van der Waals surface area contributed by atoms with Gasteiger partial charge in [-0.25, -0.2) is 0 Å². The van der Waals surface area contributed by atoms with Crippen LogP contribution >= 0.6 is 12.6 Å². The number of aromatic nitrogens is 1. The molecular weight excluding hydrogens is 330 g/mol. The zero-order valence-electron chi connectivity index (χ0n) is 13.6. The minimum atomic E-state index is -0.870. The van der Waals surface area contributed by atoms with Gasteiger partial charge in [0.25, 0.3) is 0 Å². The average Bonchev–Trinajstić information content (AvgIpc) is 2.64. The fourth-order valence-electron chi connectivity index (χ4n) is 3.41. The molecule has 0 unspecified atom stereocenters. The van der Waals surface area contributed by atoms with Crippen molar-refractivity contribution in [2.75, 3.05) is 0 Å². The van der Waals surface area contributed by atoms with Crippen LogP contribution in [0.15, 0.2) is 85.2 Å². The second kappa shape index (κ2) is 7.53. The fraction of sp³-hybridized carbons (Fsp3) is 0.143. The maximum Gasteiger partial charge on any atom is 0.304 e. The molecule has 0 saturated carbocycles. The SMILES string of the molecule is O=C(O)C[C@H](S)C(c1ccccc1)(c1ccccc1)c1ccncc1. The van der Waals surface area contributed by atoms with Crippen molar-refractivity contribution < 1.29 is 9.90 Å². The summed E-state index contributed by atoms with van der Waals surface area (Å²) in [4.78, 5) is 15.6. The van der Waals surface area contributed by atoms with Crippen LogP contribution in [-0.4, -0.2) is 21.3 Å². The minimum absolute atomic E-state index is 0.0603. The van der Waals surface area contributed by atoms with Crippen molar-refractivity contribution in [1.29, 1.82) is 0 Å². The lowest BCUT2D eigenvalue weighted by Gasteiger charge is -2.40. The van der Waals surface area contributed by atoms with E-state index < -0.39 is 16.6 Å². The number of carboxylic acids is 1. The predicted molar refractivity (Wildman–Crippen MR) is 102 cm³/mol. The Morgan fingerprint density at radius 3 is 1.76 bits per heavy atom. The fourth-order valence-corrected chi connectivity index (χ4v) is 4.02. The van der Waals surface area contributed by atoms with Crippen LogP contribution in [0.5, 0.6) is 0 Å². The third kappa shape index (κ3) is 3.30. The minimum Gasteiger partial charge on any atom is -0.481 e. The Morgan fingerprint density at radius 2 is 1.32 bits per heavy atom. The number of hydrogen-bond donors (Lipinski definition) is 2. The van der Waals surface area contributed by atoms with Gasteiger partial charge in [0.2, 0.25) is 0 Å². The molecule has 0 radical (unpaired) electrons. The summed E-state index contributed by atoms with van der Waals surface area (Å²) in [5, 5.41) is 8.98. The van der Waals surface area contributed by atoms with E-state index in [1.807, 2.05) is 72.8 Å². The van der Waals surface area contributed by atoms with Crippen LogP contribution in [0.1, 0.15) is 23.1 Å². The summed E-state index contributed by atoms with van der Waals surface area (Å²) < 4.78 is 0. The Morgan fingerprint density at radius 1 is 0.880 bits per heavy atom. The van der Waals surface area contributed by atoms with E-state index in [4.69, 9.17) is 12.6 Å². The van der Waals surface area contributed by atoms with Gasteiger partial charge in [0, 0.05) is 17.6 Å². The van der Waals surface area contributed by atoms with Crippen molar-refractivity contribution >= 4 is 18.6 Å². The average molecular weight is 349 g/mol. The number of benzene rings is 2. The van der Waals surface area contributed by atoms with E-state index in [1.54, 1.807) is 12.4 Å². The maximum atomic E-state index is 11.5. The zero-order chi connectivity index (χ0) is 17.7. The molecule has 126 valence electrons. The van der Waals surface area contributed by atoms with Crippen molar-refractivity contribution in [2.45, 2.75) is 17.1 Å². The van der Waals surface area contributed by atoms with Gasteiger partial charge in [0.05, 0.1) is 11.8 Å². The third-order valence-electron chi connectivity index (χ3n) is 4.46. The molecule has 2 aromatic carbocycles. The topological polar surface area (TPSA) is 50.2 Å². The van der Waals surface area contributed by atoms with Crippen molar-refractivity contribution in [3.8, 4) is 0 Å². The van der Waals surface area contributed by atoms with E-state index in [1.165, 1.54) is 0 Å². The van der Waals surface area contributed by atoms with E-state index in [-0.39, 0.29) is 6.42 Å². The molecule has 0 aliphatic heterocycles. The molecule has 1 N–H and O–H groups in total. The summed E-state index contributed by atoms with van der Waals surface area (Å²) >= 11 is 4.78. The highest BCUT2D eigenvalue weighted by atomic mass is 32.1. The van der Waals surface area contributed by atoms with Crippen LogP contribution in [0.4, 0.5) is 0 Å². The van der Waals surface area contributed by atoms with Crippen molar-refractivity contribution in [3.63, 3.8) is 0 Å². The first-order valence-electron chi connectivity index (χ1n) is 8.07. The number of thiol groups is 1. The summed E-state index contributed by atoms with van der Waals surface area (Å²) in [6.45, 7) is 0. The number of carboxylic acid groups (broad SMARTS) is 1. The Labute approximate surface area is 152 Å². The van der Waals surface area contributed by atoms with Gasteiger partial charge in [0.1, 0.15) is 0 Å². The van der Waals surface area contributed by atoms with E-state index in [2.05, 4.69) is 4.98 Å². The molecule has 0 fully saturated rings. The number of carbonyl (C=O) groups is 1. The zero-order valence-corrected chi connectivity index (χ0v) is 14.5. The van der Waals surface area contributed by atoms with Gasteiger partial charge in [-0.3, -0.25) is 9.78 Å². The molecule has 25 heavy (non-hydrogen) atoms. The molecule has 1 atom stereocenters.